The van der Waals surface area contributed by atoms with Crippen LogP contribution in [0.15, 0.2) is 30.3 Å². The Balaban J connectivity index is 2.17. The molecule has 22 heavy (non-hydrogen) atoms. The van der Waals surface area contributed by atoms with E-state index in [1.807, 2.05) is 13.8 Å². The number of hydrogen-bond donors (Lipinski definition) is 1. The third kappa shape index (κ3) is 3.67. The maximum Gasteiger partial charge on any atom is 0.274 e. The number of anilines is 2. The van der Waals surface area contributed by atoms with Gasteiger partial charge in [-0.3, -0.25) is 4.79 Å². The largest absolute Gasteiger partial charge is 0.338 e. The molecule has 2 rings (SSSR count). The van der Waals surface area contributed by atoms with Gasteiger partial charge in [-0.05, 0) is 38.1 Å². The van der Waals surface area contributed by atoms with Gasteiger partial charge in [0.1, 0.15) is 0 Å². The van der Waals surface area contributed by atoms with Crippen molar-refractivity contribution in [2.24, 2.45) is 0 Å². The number of carbonyl (C=O) groups is 1. The standard InChI is InChI=1S/C15H16Cl2N4O/c1-3-21(4-2)15(22)12-8-9-13(20-19-12)18-14-10(16)6-5-7-11(14)17/h5-9H,3-4H2,1-2H3,(H,18,20). The Morgan fingerprint density at radius 2 is 1.73 bits per heavy atom. The van der Waals surface area contributed by atoms with Gasteiger partial charge in [0.25, 0.3) is 5.91 Å². The van der Waals surface area contributed by atoms with Gasteiger partial charge in [0.05, 0.1) is 15.7 Å². The minimum absolute atomic E-state index is 0.139. The predicted molar refractivity (Wildman–Crippen MR) is 89.0 cm³/mol. The summed E-state index contributed by atoms with van der Waals surface area (Å²) in [4.78, 5) is 13.8. The second kappa shape index (κ2) is 7.42. The van der Waals surface area contributed by atoms with E-state index in [2.05, 4.69) is 15.5 Å². The Bertz CT molecular complexity index is 637. The van der Waals surface area contributed by atoms with Crippen molar-refractivity contribution >= 4 is 40.6 Å². The van der Waals surface area contributed by atoms with E-state index in [1.54, 1.807) is 35.2 Å². The van der Waals surface area contributed by atoms with E-state index in [-0.39, 0.29) is 5.91 Å². The van der Waals surface area contributed by atoms with Crippen LogP contribution < -0.4 is 5.32 Å². The summed E-state index contributed by atoms with van der Waals surface area (Å²) in [6.07, 6.45) is 0. The third-order valence-electron chi connectivity index (χ3n) is 3.15. The zero-order chi connectivity index (χ0) is 16.1. The Kier molecular flexibility index (Phi) is 5.57. The summed E-state index contributed by atoms with van der Waals surface area (Å²) in [5.74, 6) is 0.325. The third-order valence-corrected chi connectivity index (χ3v) is 3.78. The Morgan fingerprint density at radius 1 is 1.09 bits per heavy atom. The number of hydrogen-bond acceptors (Lipinski definition) is 4. The summed E-state index contributed by atoms with van der Waals surface area (Å²) in [6.45, 7) is 5.10. The molecule has 1 aromatic heterocycles. The lowest BCUT2D eigenvalue weighted by Gasteiger charge is -2.17. The quantitative estimate of drug-likeness (QED) is 0.894. The van der Waals surface area contributed by atoms with Gasteiger partial charge < -0.3 is 10.2 Å². The average Bonchev–Trinajstić information content (AvgIpc) is 2.53. The lowest BCUT2D eigenvalue weighted by atomic mass is 10.3. The molecule has 1 aromatic carbocycles. The van der Waals surface area contributed by atoms with Crippen LogP contribution in [-0.4, -0.2) is 34.1 Å². The first-order chi connectivity index (χ1) is 10.6. The minimum atomic E-state index is -0.139. The van der Waals surface area contributed by atoms with Crippen molar-refractivity contribution in [1.82, 2.24) is 15.1 Å². The molecule has 1 N–H and O–H groups in total. The van der Waals surface area contributed by atoms with Gasteiger partial charge in [-0.1, -0.05) is 29.3 Å². The van der Waals surface area contributed by atoms with Crippen LogP contribution in [0.5, 0.6) is 0 Å². The zero-order valence-electron chi connectivity index (χ0n) is 12.3. The molecule has 0 radical (unpaired) electrons. The summed E-state index contributed by atoms with van der Waals surface area (Å²) >= 11 is 12.2. The van der Waals surface area contributed by atoms with E-state index in [9.17, 15) is 4.79 Å². The molecular formula is C15H16Cl2N4O. The number of aromatic nitrogens is 2. The molecule has 1 heterocycles. The average molecular weight is 339 g/mol. The molecule has 0 saturated heterocycles. The fraction of sp³-hybridized carbons (Fsp3) is 0.267. The van der Waals surface area contributed by atoms with Crippen LogP contribution in [-0.2, 0) is 0 Å². The highest BCUT2D eigenvalue weighted by molar-refractivity contribution is 6.39. The van der Waals surface area contributed by atoms with Crippen LogP contribution in [0.3, 0.4) is 0 Å². The van der Waals surface area contributed by atoms with E-state index in [0.717, 1.165) is 0 Å². The summed E-state index contributed by atoms with van der Waals surface area (Å²) in [6, 6.07) is 8.50. The zero-order valence-corrected chi connectivity index (χ0v) is 13.8. The second-order valence-corrected chi connectivity index (χ2v) is 5.32. The van der Waals surface area contributed by atoms with Crippen molar-refractivity contribution in [2.45, 2.75) is 13.8 Å². The number of halogens is 2. The van der Waals surface area contributed by atoms with Gasteiger partial charge in [-0.2, -0.15) is 0 Å². The minimum Gasteiger partial charge on any atom is -0.338 e. The van der Waals surface area contributed by atoms with Crippen molar-refractivity contribution in [3.05, 3.63) is 46.1 Å². The number of nitrogens with zero attached hydrogens (tertiary/aromatic N) is 3. The maximum atomic E-state index is 12.1. The van der Waals surface area contributed by atoms with Gasteiger partial charge in [-0.15, -0.1) is 10.2 Å². The molecule has 0 fully saturated rings. The molecule has 0 aliphatic rings. The van der Waals surface area contributed by atoms with E-state index in [0.29, 0.717) is 40.3 Å². The van der Waals surface area contributed by atoms with Crippen molar-refractivity contribution in [2.75, 3.05) is 18.4 Å². The second-order valence-electron chi connectivity index (χ2n) is 4.50. The smallest absolute Gasteiger partial charge is 0.274 e. The lowest BCUT2D eigenvalue weighted by molar-refractivity contribution is 0.0766. The molecule has 1 amide bonds. The van der Waals surface area contributed by atoms with Crippen LogP contribution >= 0.6 is 23.2 Å². The molecule has 0 bridgehead atoms. The molecule has 0 aliphatic carbocycles. The van der Waals surface area contributed by atoms with Crippen LogP contribution in [0.2, 0.25) is 10.0 Å². The van der Waals surface area contributed by atoms with E-state index >= 15 is 0 Å². The molecule has 0 aliphatic heterocycles. The van der Waals surface area contributed by atoms with E-state index in [1.165, 1.54) is 0 Å². The van der Waals surface area contributed by atoms with Gasteiger partial charge in [0, 0.05) is 13.1 Å². The van der Waals surface area contributed by atoms with Crippen LogP contribution in [0.25, 0.3) is 0 Å². The Hall–Kier alpha value is -1.85. The molecule has 0 unspecified atom stereocenters. The van der Waals surface area contributed by atoms with Crippen LogP contribution in [0, 0.1) is 0 Å². The van der Waals surface area contributed by atoms with Gasteiger partial charge >= 0.3 is 0 Å². The monoisotopic (exact) mass is 338 g/mol. The normalized spacial score (nSPS) is 10.4. The topological polar surface area (TPSA) is 58.1 Å². The highest BCUT2D eigenvalue weighted by atomic mass is 35.5. The highest BCUT2D eigenvalue weighted by Gasteiger charge is 2.14. The number of para-hydroxylation sites is 1. The SMILES string of the molecule is CCN(CC)C(=O)c1ccc(Nc2c(Cl)cccc2Cl)nn1. The molecule has 5 nitrogen and oxygen atoms in total. The summed E-state index contributed by atoms with van der Waals surface area (Å²) < 4.78 is 0. The highest BCUT2D eigenvalue weighted by Crippen LogP contribution is 2.31. The molecular weight excluding hydrogens is 323 g/mol. The summed E-state index contributed by atoms with van der Waals surface area (Å²) in [5.41, 5.74) is 0.863. The fourth-order valence-corrected chi connectivity index (χ4v) is 2.42. The van der Waals surface area contributed by atoms with Crippen molar-refractivity contribution < 1.29 is 4.79 Å². The fourth-order valence-electron chi connectivity index (χ4n) is 1.93. The first-order valence-corrected chi connectivity index (χ1v) is 7.66. The molecule has 2 aromatic rings. The number of rotatable bonds is 5. The lowest BCUT2D eigenvalue weighted by Crippen LogP contribution is -2.31. The Morgan fingerprint density at radius 3 is 2.23 bits per heavy atom. The molecule has 0 saturated carbocycles. The molecule has 0 spiro atoms. The van der Waals surface area contributed by atoms with Gasteiger partial charge in [0.15, 0.2) is 11.5 Å². The maximum absolute atomic E-state index is 12.1. The number of nitrogens with one attached hydrogen (secondary N) is 1. The Labute approximate surface area is 139 Å². The first kappa shape index (κ1) is 16.5. The molecule has 116 valence electrons. The summed E-state index contributed by atoms with van der Waals surface area (Å²) in [5, 5.41) is 11.9. The first-order valence-electron chi connectivity index (χ1n) is 6.90. The van der Waals surface area contributed by atoms with Gasteiger partial charge in [0.2, 0.25) is 0 Å². The van der Waals surface area contributed by atoms with Crippen molar-refractivity contribution in [3.8, 4) is 0 Å². The van der Waals surface area contributed by atoms with E-state index in [4.69, 9.17) is 23.2 Å². The number of amides is 1. The van der Waals surface area contributed by atoms with Crippen molar-refractivity contribution in [1.29, 1.82) is 0 Å². The molecule has 7 heteroatoms. The number of carbonyl (C=O) groups excluding carboxylic acids is 1. The van der Waals surface area contributed by atoms with Crippen LogP contribution in [0.4, 0.5) is 11.5 Å². The van der Waals surface area contributed by atoms with Crippen molar-refractivity contribution in [3.63, 3.8) is 0 Å². The predicted octanol–water partition coefficient (Wildman–Crippen LogP) is 4.01. The number of benzene rings is 1. The molecule has 0 atom stereocenters. The van der Waals surface area contributed by atoms with Crippen LogP contribution in [0.1, 0.15) is 24.3 Å². The van der Waals surface area contributed by atoms with Gasteiger partial charge in [-0.25, -0.2) is 0 Å². The summed E-state index contributed by atoms with van der Waals surface area (Å²) in [7, 11) is 0. The van der Waals surface area contributed by atoms with E-state index < -0.39 is 0 Å².